The Kier molecular flexibility index (Phi) is 26.1. The van der Waals surface area contributed by atoms with Gasteiger partial charge in [-0.25, -0.2) is 0 Å². The molecule has 0 saturated carbocycles. The van der Waals surface area contributed by atoms with Gasteiger partial charge in [0.2, 0.25) is 17.7 Å². The fourth-order valence-electron chi connectivity index (χ4n) is 7.90. The third kappa shape index (κ3) is 18.4. The molecule has 3 saturated heterocycles. The van der Waals surface area contributed by atoms with Crippen molar-refractivity contribution >= 4 is 23.5 Å². The number of likely N-dealkylation sites (tertiary alicyclic amines) is 1. The maximum atomic E-state index is 13.4. The number of methoxy groups -OCH3 is 2. The largest absolute Gasteiger partial charge is 0.394 e. The summed E-state index contributed by atoms with van der Waals surface area (Å²) in [6, 6.07) is -0.738. The zero-order chi connectivity index (χ0) is 46.3. The molecule has 0 bridgehead atoms. The van der Waals surface area contributed by atoms with Crippen LogP contribution in [0.2, 0.25) is 0 Å². The van der Waals surface area contributed by atoms with Gasteiger partial charge in [-0.1, -0.05) is 12.8 Å². The van der Waals surface area contributed by atoms with Crippen LogP contribution in [0.1, 0.15) is 103 Å². The van der Waals surface area contributed by atoms with Crippen LogP contribution in [0.3, 0.4) is 0 Å². The van der Waals surface area contributed by atoms with Gasteiger partial charge in [0, 0.05) is 66.2 Å². The first-order valence-corrected chi connectivity index (χ1v) is 22.5. The van der Waals surface area contributed by atoms with Gasteiger partial charge in [0.05, 0.1) is 38.0 Å². The number of carbonyl (C=O) groups is 4. The number of aliphatic hydroxyl groups is 8. The molecule has 63 heavy (non-hydrogen) atoms. The van der Waals surface area contributed by atoms with E-state index in [2.05, 4.69) is 10.6 Å². The van der Waals surface area contributed by atoms with E-state index in [0.29, 0.717) is 83.9 Å². The lowest BCUT2D eigenvalue weighted by Crippen LogP contribution is -2.59. The zero-order valence-corrected chi connectivity index (χ0v) is 36.9. The molecule has 366 valence electrons. The minimum Gasteiger partial charge on any atom is -0.394 e. The zero-order valence-electron chi connectivity index (χ0n) is 36.9. The maximum absolute atomic E-state index is 13.4. The number of nitrogens with zero attached hydrogens (tertiary/aromatic N) is 1. The number of Topliss-reactive ketones (excluding diaryl/α,β-unsaturated/α-hetero) is 1. The lowest BCUT2D eigenvalue weighted by atomic mass is 9.99. The Bertz CT molecular complexity index is 1330. The fourth-order valence-corrected chi connectivity index (χ4v) is 7.90. The van der Waals surface area contributed by atoms with E-state index in [-0.39, 0.29) is 68.1 Å². The Labute approximate surface area is 369 Å². The van der Waals surface area contributed by atoms with Gasteiger partial charge in [-0.3, -0.25) is 19.2 Å². The highest BCUT2D eigenvalue weighted by molar-refractivity contribution is 5.89. The molecule has 3 aliphatic rings. The van der Waals surface area contributed by atoms with Crippen molar-refractivity contribution in [2.45, 2.75) is 182 Å². The van der Waals surface area contributed by atoms with Gasteiger partial charge in [-0.2, -0.15) is 0 Å². The van der Waals surface area contributed by atoms with Crippen LogP contribution in [0.15, 0.2) is 0 Å². The minimum absolute atomic E-state index is 0.00681. The molecule has 0 aliphatic carbocycles. The molecule has 21 heteroatoms. The third-order valence-electron chi connectivity index (χ3n) is 11.8. The summed E-state index contributed by atoms with van der Waals surface area (Å²) in [6.45, 7) is 0.385. The average molecular weight is 910 g/mol. The monoisotopic (exact) mass is 910 g/mol. The number of ketones is 1. The predicted molar refractivity (Wildman–Crippen MR) is 221 cm³/mol. The van der Waals surface area contributed by atoms with Crippen LogP contribution in [0.5, 0.6) is 0 Å². The van der Waals surface area contributed by atoms with Crippen LogP contribution in [-0.4, -0.2) is 209 Å². The summed E-state index contributed by atoms with van der Waals surface area (Å²) in [4.78, 5) is 53.6. The average Bonchev–Trinajstić information content (AvgIpc) is 3.69. The van der Waals surface area contributed by atoms with E-state index < -0.39 is 80.7 Å². The first-order chi connectivity index (χ1) is 30.3. The second-order valence-electron chi connectivity index (χ2n) is 16.6. The second kappa shape index (κ2) is 29.9. The van der Waals surface area contributed by atoms with Gasteiger partial charge >= 0.3 is 0 Å². The normalized spacial score (nSPS) is 30.3. The molecule has 3 amide bonds. The van der Waals surface area contributed by atoms with Crippen molar-refractivity contribution < 1.29 is 88.5 Å². The molecule has 0 aromatic heterocycles. The quantitative estimate of drug-likeness (QED) is 0.0333. The first-order valence-electron chi connectivity index (χ1n) is 22.5. The number of unbranched alkanes of at least 4 members (excludes halogenated alkanes) is 6. The highest BCUT2D eigenvalue weighted by Crippen LogP contribution is 2.25. The van der Waals surface area contributed by atoms with Crippen molar-refractivity contribution in [1.29, 1.82) is 0 Å². The van der Waals surface area contributed by atoms with Gasteiger partial charge in [0.15, 0.2) is 18.4 Å². The predicted octanol–water partition coefficient (Wildman–Crippen LogP) is -2.10. The van der Waals surface area contributed by atoms with Crippen molar-refractivity contribution in [3.63, 3.8) is 0 Å². The molecule has 0 spiro atoms. The van der Waals surface area contributed by atoms with Gasteiger partial charge in [0.1, 0.15) is 48.8 Å². The Balaban J connectivity index is 1.37. The third-order valence-corrected chi connectivity index (χ3v) is 11.8. The lowest BCUT2D eigenvalue weighted by molar-refractivity contribution is -0.301. The van der Waals surface area contributed by atoms with E-state index in [1.807, 2.05) is 4.90 Å². The van der Waals surface area contributed by atoms with E-state index in [1.54, 1.807) is 14.2 Å². The number of nitrogens with one attached hydrogen (secondary N) is 2. The van der Waals surface area contributed by atoms with E-state index in [9.17, 15) is 60.0 Å². The number of ether oxygens (including phenoxy) is 6. The molecule has 3 heterocycles. The van der Waals surface area contributed by atoms with Crippen LogP contribution < -0.4 is 10.6 Å². The lowest BCUT2D eigenvalue weighted by Gasteiger charge is -2.39. The van der Waals surface area contributed by atoms with Crippen molar-refractivity contribution in [1.82, 2.24) is 15.5 Å². The summed E-state index contributed by atoms with van der Waals surface area (Å²) in [5.74, 6) is -0.555. The summed E-state index contributed by atoms with van der Waals surface area (Å²) in [7, 11) is 3.25. The molecule has 10 N–H and O–H groups in total. The standard InChI is InChI=1S/C42H75N3O18/c1-58-25-26-21-27(59-2)22-45(26)34(51)17-6-4-3-5-14-29(48)28(44-33(50)16-9-12-20-61-42-40(57)38(55)36(53)31(24-47)63-42)13-7-10-18-43-32(49)15-8-11-19-60-41-39(56)37(54)35(52)30(23-46)62-41/h26-28,30-31,35-42,46-47,52-57H,3-25H2,1-2H3,(H,43,49)(H,44,50)/t26-,27+,28?,30?,31?,35?,36?,37?,38?,39?,40?,41?,42?/m0/s1. The van der Waals surface area contributed by atoms with E-state index in [0.717, 1.165) is 19.3 Å². The summed E-state index contributed by atoms with van der Waals surface area (Å²) in [5.41, 5.74) is 0. The summed E-state index contributed by atoms with van der Waals surface area (Å²) in [5, 5.41) is 84.4. The smallest absolute Gasteiger partial charge is 0.222 e. The SMILES string of the molecule is COC[C@@H]1C[C@@H](OC)CN1C(=O)CCCCCCC(=O)C(CCCCNC(=O)CCCCOC1OC(CO)C(O)C(O)C1O)NC(=O)CCCCOC1OC(CO)C(O)C(O)C1O. The Hall–Kier alpha value is -2.48. The molecule has 0 aromatic carbocycles. The minimum atomic E-state index is -1.56. The molecule has 13 atom stereocenters. The number of amides is 3. The van der Waals surface area contributed by atoms with Gasteiger partial charge < -0.3 is 84.8 Å². The van der Waals surface area contributed by atoms with Crippen molar-refractivity contribution in [2.24, 2.45) is 0 Å². The molecule has 3 fully saturated rings. The molecule has 21 nitrogen and oxygen atoms in total. The second-order valence-corrected chi connectivity index (χ2v) is 16.6. The van der Waals surface area contributed by atoms with E-state index in [1.165, 1.54) is 0 Å². The molecule has 0 radical (unpaired) electrons. The molecule has 0 aromatic rings. The van der Waals surface area contributed by atoms with Crippen molar-refractivity contribution in [2.75, 3.05) is 60.3 Å². The van der Waals surface area contributed by atoms with Crippen LogP contribution in [-0.2, 0) is 47.6 Å². The number of rotatable bonds is 31. The number of aliphatic hydroxyl groups excluding tert-OH is 8. The molecule has 11 unspecified atom stereocenters. The molecular formula is C42H75N3O18. The van der Waals surface area contributed by atoms with E-state index in [4.69, 9.17) is 28.4 Å². The van der Waals surface area contributed by atoms with Crippen molar-refractivity contribution in [3.8, 4) is 0 Å². The van der Waals surface area contributed by atoms with Crippen molar-refractivity contribution in [3.05, 3.63) is 0 Å². The Morgan fingerprint density at radius 3 is 1.73 bits per heavy atom. The number of carbonyl (C=O) groups excluding carboxylic acids is 4. The topological polar surface area (TPSA) is 313 Å². The van der Waals surface area contributed by atoms with Crippen LogP contribution in [0, 0.1) is 0 Å². The van der Waals surface area contributed by atoms with E-state index >= 15 is 0 Å². The first kappa shape index (κ1) is 54.9. The number of hydrogen-bond acceptors (Lipinski definition) is 18. The summed E-state index contributed by atoms with van der Waals surface area (Å²) < 4.78 is 32.4. The highest BCUT2D eigenvalue weighted by Gasteiger charge is 2.45. The van der Waals surface area contributed by atoms with Crippen LogP contribution >= 0.6 is 0 Å². The maximum Gasteiger partial charge on any atom is 0.222 e. The highest BCUT2D eigenvalue weighted by atomic mass is 16.7. The summed E-state index contributed by atoms with van der Waals surface area (Å²) in [6.07, 6.45) is -6.17. The molecule has 3 aliphatic heterocycles. The molecule has 3 rings (SSSR count). The Morgan fingerprint density at radius 1 is 0.651 bits per heavy atom. The van der Waals surface area contributed by atoms with Crippen LogP contribution in [0.25, 0.3) is 0 Å². The Morgan fingerprint density at radius 2 is 1.19 bits per heavy atom. The number of hydrogen-bond donors (Lipinski definition) is 10. The molecular weight excluding hydrogens is 834 g/mol. The van der Waals surface area contributed by atoms with Gasteiger partial charge in [0.25, 0.3) is 0 Å². The van der Waals surface area contributed by atoms with Gasteiger partial charge in [-0.05, 0) is 64.2 Å². The summed E-state index contributed by atoms with van der Waals surface area (Å²) >= 11 is 0. The fraction of sp³-hybridized carbons (Fsp3) is 0.905. The van der Waals surface area contributed by atoms with Gasteiger partial charge in [-0.15, -0.1) is 0 Å². The van der Waals surface area contributed by atoms with Crippen LogP contribution in [0.4, 0.5) is 0 Å².